The van der Waals surface area contributed by atoms with E-state index >= 15 is 0 Å². The third-order valence-corrected chi connectivity index (χ3v) is 7.41. The minimum absolute atomic E-state index is 0.0661. The lowest BCUT2D eigenvalue weighted by molar-refractivity contribution is 0.127. The van der Waals surface area contributed by atoms with Crippen LogP contribution in [0.15, 0.2) is 66.7 Å². The van der Waals surface area contributed by atoms with Crippen molar-refractivity contribution in [2.75, 3.05) is 26.8 Å². The molecule has 2 atom stereocenters. The van der Waals surface area contributed by atoms with Gasteiger partial charge in [-0.3, -0.25) is 4.90 Å². The quantitative estimate of drug-likeness (QED) is 0.226. The number of aliphatic hydroxyl groups excluding tert-OH is 1. The van der Waals surface area contributed by atoms with Crippen molar-refractivity contribution in [3.8, 4) is 11.5 Å². The van der Waals surface area contributed by atoms with E-state index in [-0.39, 0.29) is 13.2 Å². The van der Waals surface area contributed by atoms with Crippen LogP contribution in [0.3, 0.4) is 0 Å². The lowest BCUT2D eigenvalue weighted by atomic mass is 9.92. The van der Waals surface area contributed by atoms with Gasteiger partial charge >= 0.3 is 12.2 Å². The fourth-order valence-corrected chi connectivity index (χ4v) is 5.20. The summed E-state index contributed by atoms with van der Waals surface area (Å²) in [5, 5.41) is 14.7. The first-order chi connectivity index (χ1) is 19.8. The maximum atomic E-state index is 13.5. The molecular weight excluding hydrogens is 569 g/mol. The number of ether oxygens (including phenoxy) is 3. The number of carbonyl (C=O) groups excluding carboxylic acids is 2. The Bertz CT molecular complexity index is 1520. The number of nitrogens with zero attached hydrogens (tertiary/aromatic N) is 1. The predicted molar refractivity (Wildman–Crippen MR) is 156 cm³/mol. The van der Waals surface area contributed by atoms with E-state index in [4.69, 9.17) is 32.7 Å². The second-order valence-electron chi connectivity index (χ2n) is 9.61. The van der Waals surface area contributed by atoms with Crippen LogP contribution in [0.4, 0.5) is 9.59 Å². The number of hydrogen-bond donors (Lipinski definition) is 3. The number of methoxy groups -OCH3 is 1. The molecule has 3 N–H and O–H groups in total. The molecule has 2 heterocycles. The van der Waals surface area contributed by atoms with Crippen molar-refractivity contribution in [2.24, 2.45) is 0 Å². The second kappa shape index (κ2) is 12.7. The van der Waals surface area contributed by atoms with Crippen LogP contribution in [0, 0.1) is 0 Å². The number of aromatic nitrogens is 1. The molecule has 0 radical (unpaired) electrons. The number of aliphatic hydroxyl groups is 1. The Hall–Kier alpha value is -3.92. The van der Waals surface area contributed by atoms with Crippen LogP contribution in [-0.2, 0) is 11.2 Å². The summed E-state index contributed by atoms with van der Waals surface area (Å²) >= 11 is 12.3. The first-order valence-electron chi connectivity index (χ1n) is 13.1. The number of benzene rings is 3. The number of aromatic amines is 1. The van der Waals surface area contributed by atoms with Crippen molar-refractivity contribution in [1.82, 2.24) is 15.2 Å². The van der Waals surface area contributed by atoms with E-state index in [1.807, 2.05) is 42.5 Å². The van der Waals surface area contributed by atoms with Gasteiger partial charge in [-0.05, 0) is 72.1 Å². The average Bonchev–Trinajstić information content (AvgIpc) is 3.34. The molecule has 5 rings (SSSR count). The van der Waals surface area contributed by atoms with Crippen LogP contribution in [0.5, 0.6) is 11.5 Å². The van der Waals surface area contributed by atoms with Crippen LogP contribution in [0.25, 0.3) is 10.9 Å². The molecule has 0 bridgehead atoms. The van der Waals surface area contributed by atoms with Gasteiger partial charge in [-0.15, -0.1) is 0 Å². The molecule has 0 fully saturated rings. The van der Waals surface area contributed by atoms with Gasteiger partial charge in [-0.25, -0.2) is 9.59 Å². The standard InChI is InChI=1S/C30H29Cl2N3O6/c1-39-29(37)33-17-21(36)13-15-40-22-7-2-18(3-8-22)28-27-24(25-16-20(32)6-11-26(25)34-27)12-14-35(28)30(38)41-23-9-4-19(31)5-10-23/h2-11,16,21,28,34,36H,12-15,17H2,1H3,(H,33,37)/t21?,28-/m0/s1. The third-order valence-electron chi connectivity index (χ3n) is 6.93. The summed E-state index contributed by atoms with van der Waals surface area (Å²) in [7, 11) is 1.26. The molecule has 3 aromatic carbocycles. The first-order valence-corrected chi connectivity index (χ1v) is 13.8. The number of hydrogen-bond acceptors (Lipinski definition) is 6. The first kappa shape index (κ1) is 28.6. The largest absolute Gasteiger partial charge is 0.493 e. The van der Waals surface area contributed by atoms with Gasteiger partial charge in [0.1, 0.15) is 17.5 Å². The number of carbonyl (C=O) groups is 2. The highest BCUT2D eigenvalue weighted by molar-refractivity contribution is 6.31. The molecule has 41 heavy (non-hydrogen) atoms. The third kappa shape index (κ3) is 6.70. The second-order valence-corrected chi connectivity index (χ2v) is 10.5. The lowest BCUT2D eigenvalue weighted by Gasteiger charge is -2.35. The monoisotopic (exact) mass is 597 g/mol. The average molecular weight is 598 g/mol. The smallest absolute Gasteiger partial charge is 0.416 e. The zero-order valence-corrected chi connectivity index (χ0v) is 23.7. The molecule has 1 unspecified atom stereocenters. The molecule has 0 saturated heterocycles. The molecule has 0 saturated carbocycles. The Morgan fingerprint density at radius 3 is 2.49 bits per heavy atom. The molecule has 0 spiro atoms. The number of rotatable bonds is 8. The summed E-state index contributed by atoms with van der Waals surface area (Å²) in [6, 6.07) is 19.4. The normalized spacial score (nSPS) is 15.2. The van der Waals surface area contributed by atoms with Crippen LogP contribution in [-0.4, -0.2) is 60.1 Å². The SMILES string of the molecule is COC(=O)NCC(O)CCOc1ccc([C@H]2c3[nH]c4ccc(Cl)cc4c3CCN2C(=O)Oc2ccc(Cl)cc2)cc1. The number of nitrogens with one attached hydrogen (secondary N) is 2. The molecule has 4 aromatic rings. The molecule has 2 amide bonds. The molecule has 9 nitrogen and oxygen atoms in total. The number of amides is 2. The highest BCUT2D eigenvalue weighted by Crippen LogP contribution is 2.40. The van der Waals surface area contributed by atoms with Crippen LogP contribution in [0.1, 0.15) is 29.3 Å². The maximum absolute atomic E-state index is 13.5. The summed E-state index contributed by atoms with van der Waals surface area (Å²) in [5.74, 6) is 1.01. The van der Waals surface area contributed by atoms with E-state index < -0.39 is 24.3 Å². The van der Waals surface area contributed by atoms with Crippen molar-refractivity contribution in [2.45, 2.75) is 25.0 Å². The summed E-state index contributed by atoms with van der Waals surface area (Å²) in [6.45, 7) is 0.759. The summed E-state index contributed by atoms with van der Waals surface area (Å²) in [6.07, 6.45) is -0.898. The van der Waals surface area contributed by atoms with Gasteiger partial charge in [0.05, 0.1) is 19.8 Å². The topological polar surface area (TPSA) is 113 Å². The highest BCUT2D eigenvalue weighted by atomic mass is 35.5. The van der Waals surface area contributed by atoms with Crippen molar-refractivity contribution in [3.63, 3.8) is 0 Å². The van der Waals surface area contributed by atoms with Crippen LogP contribution >= 0.6 is 23.2 Å². The van der Waals surface area contributed by atoms with E-state index in [0.717, 1.165) is 27.7 Å². The lowest BCUT2D eigenvalue weighted by Crippen LogP contribution is -2.42. The van der Waals surface area contributed by atoms with E-state index in [2.05, 4.69) is 15.0 Å². The predicted octanol–water partition coefficient (Wildman–Crippen LogP) is 6.11. The van der Waals surface area contributed by atoms with Gasteiger partial charge in [0.25, 0.3) is 0 Å². The van der Waals surface area contributed by atoms with E-state index in [1.165, 1.54) is 7.11 Å². The Morgan fingerprint density at radius 1 is 1.05 bits per heavy atom. The molecule has 11 heteroatoms. The minimum atomic E-state index is -0.773. The zero-order valence-electron chi connectivity index (χ0n) is 22.2. The summed E-state index contributed by atoms with van der Waals surface area (Å²) in [5.41, 5.74) is 3.82. The van der Waals surface area contributed by atoms with Gasteiger partial charge in [-0.1, -0.05) is 35.3 Å². The summed E-state index contributed by atoms with van der Waals surface area (Å²) < 4.78 is 16.0. The van der Waals surface area contributed by atoms with E-state index in [0.29, 0.717) is 40.9 Å². The Labute approximate surface area is 246 Å². The van der Waals surface area contributed by atoms with E-state index in [1.54, 1.807) is 29.2 Å². The maximum Gasteiger partial charge on any atom is 0.416 e. The fourth-order valence-electron chi connectivity index (χ4n) is 4.90. The number of fused-ring (bicyclic) bond motifs is 3. The van der Waals surface area contributed by atoms with Crippen molar-refractivity contribution < 1.29 is 28.9 Å². The molecule has 0 aliphatic carbocycles. The van der Waals surface area contributed by atoms with Gasteiger partial charge in [0, 0.05) is 46.2 Å². The van der Waals surface area contributed by atoms with Crippen molar-refractivity contribution in [3.05, 3.63) is 93.6 Å². The highest BCUT2D eigenvalue weighted by Gasteiger charge is 2.35. The fraction of sp³-hybridized carbons (Fsp3) is 0.267. The molecule has 1 aliphatic rings. The number of H-pyrrole nitrogens is 1. The molecular formula is C30H29Cl2N3O6. The molecule has 1 aliphatic heterocycles. The Morgan fingerprint density at radius 2 is 1.76 bits per heavy atom. The molecule has 214 valence electrons. The van der Waals surface area contributed by atoms with Gasteiger partial charge < -0.3 is 29.6 Å². The number of halogens is 2. The van der Waals surface area contributed by atoms with Crippen molar-refractivity contribution in [1.29, 1.82) is 0 Å². The van der Waals surface area contributed by atoms with Crippen molar-refractivity contribution >= 4 is 46.3 Å². The Kier molecular flexibility index (Phi) is 8.87. The van der Waals surface area contributed by atoms with Gasteiger partial charge in [0.15, 0.2) is 0 Å². The van der Waals surface area contributed by atoms with Gasteiger partial charge in [0.2, 0.25) is 0 Å². The van der Waals surface area contributed by atoms with Crippen LogP contribution < -0.4 is 14.8 Å². The number of alkyl carbamates (subject to hydrolysis) is 1. The van der Waals surface area contributed by atoms with Gasteiger partial charge in [-0.2, -0.15) is 0 Å². The summed E-state index contributed by atoms with van der Waals surface area (Å²) in [4.78, 5) is 29.8. The van der Waals surface area contributed by atoms with Crippen LogP contribution in [0.2, 0.25) is 10.0 Å². The Balaban J connectivity index is 1.36. The zero-order chi connectivity index (χ0) is 28.9. The molecule has 1 aromatic heterocycles. The van der Waals surface area contributed by atoms with E-state index in [9.17, 15) is 14.7 Å². The minimum Gasteiger partial charge on any atom is -0.493 e.